The zero-order valence-electron chi connectivity index (χ0n) is 10.3. The molecule has 0 aliphatic carbocycles. The fraction of sp³-hybridized carbons (Fsp3) is 0.500. The van der Waals surface area contributed by atoms with Crippen molar-refractivity contribution >= 4 is 11.4 Å². The summed E-state index contributed by atoms with van der Waals surface area (Å²) < 4.78 is 0. The topological polar surface area (TPSA) is 53.0 Å². The largest absolute Gasteiger partial charge is 0.397 e. The summed E-state index contributed by atoms with van der Waals surface area (Å²) in [5.41, 5.74) is 8.46. The zero-order valence-corrected chi connectivity index (χ0v) is 10.3. The molecule has 2 rings (SSSR count). The highest BCUT2D eigenvalue weighted by Crippen LogP contribution is 2.29. The van der Waals surface area contributed by atoms with E-state index in [0.29, 0.717) is 5.56 Å². The fourth-order valence-corrected chi connectivity index (χ4v) is 2.53. The molecule has 0 spiro atoms. The van der Waals surface area contributed by atoms with Gasteiger partial charge in [0.2, 0.25) is 0 Å². The van der Waals surface area contributed by atoms with Gasteiger partial charge in [-0.1, -0.05) is 13.3 Å². The first-order valence-corrected chi connectivity index (χ1v) is 6.29. The number of hydrogen-bond donors (Lipinski definition) is 1. The lowest BCUT2D eigenvalue weighted by Gasteiger charge is -2.34. The highest BCUT2D eigenvalue weighted by atomic mass is 15.1. The lowest BCUT2D eigenvalue weighted by molar-refractivity contribution is 0.405. The second-order valence-electron chi connectivity index (χ2n) is 4.75. The molecule has 1 saturated heterocycles. The van der Waals surface area contributed by atoms with Crippen LogP contribution in [0.1, 0.15) is 31.7 Å². The maximum absolute atomic E-state index is 8.82. The van der Waals surface area contributed by atoms with Crippen LogP contribution in [0.25, 0.3) is 0 Å². The predicted molar refractivity (Wildman–Crippen MR) is 70.8 cm³/mol. The van der Waals surface area contributed by atoms with Gasteiger partial charge in [-0.25, -0.2) is 0 Å². The predicted octanol–water partition coefficient (Wildman–Crippen LogP) is 2.77. The molecule has 3 nitrogen and oxygen atoms in total. The highest BCUT2D eigenvalue weighted by Gasteiger charge is 2.20. The Kier molecular flexibility index (Phi) is 3.53. The normalized spacial score (nSPS) is 20.0. The van der Waals surface area contributed by atoms with Crippen LogP contribution >= 0.6 is 0 Å². The number of piperidine rings is 1. The Balaban J connectivity index is 2.19. The molecular formula is C14H19N3. The number of anilines is 2. The quantitative estimate of drug-likeness (QED) is 0.793. The molecule has 17 heavy (non-hydrogen) atoms. The van der Waals surface area contributed by atoms with Crippen molar-refractivity contribution in [2.24, 2.45) is 5.92 Å². The van der Waals surface area contributed by atoms with Gasteiger partial charge in [0.25, 0.3) is 0 Å². The van der Waals surface area contributed by atoms with Gasteiger partial charge in [0.05, 0.1) is 23.0 Å². The molecule has 0 saturated carbocycles. The van der Waals surface area contributed by atoms with Crippen LogP contribution in [0.15, 0.2) is 18.2 Å². The minimum absolute atomic E-state index is 0.635. The summed E-state index contributed by atoms with van der Waals surface area (Å²) in [7, 11) is 0. The Morgan fingerprint density at radius 3 is 3.00 bits per heavy atom. The molecule has 90 valence electrons. The third-order valence-corrected chi connectivity index (χ3v) is 3.59. The van der Waals surface area contributed by atoms with E-state index in [1.807, 2.05) is 12.1 Å². The maximum Gasteiger partial charge on any atom is 0.0992 e. The van der Waals surface area contributed by atoms with Gasteiger partial charge < -0.3 is 10.6 Å². The number of hydrogen-bond acceptors (Lipinski definition) is 3. The number of nitrogen functional groups attached to an aromatic ring is 1. The van der Waals surface area contributed by atoms with Gasteiger partial charge in [-0.15, -0.1) is 0 Å². The smallest absolute Gasteiger partial charge is 0.0992 e. The zero-order chi connectivity index (χ0) is 12.3. The van der Waals surface area contributed by atoms with E-state index in [4.69, 9.17) is 11.0 Å². The first-order valence-electron chi connectivity index (χ1n) is 6.29. The Bertz CT molecular complexity index is 434. The maximum atomic E-state index is 8.82. The first-order chi connectivity index (χ1) is 8.24. The van der Waals surface area contributed by atoms with E-state index in [-0.39, 0.29) is 0 Å². The highest BCUT2D eigenvalue weighted by molar-refractivity contribution is 5.69. The van der Waals surface area contributed by atoms with Gasteiger partial charge in [0.15, 0.2) is 0 Å². The molecule has 1 atom stereocenters. The van der Waals surface area contributed by atoms with Gasteiger partial charge in [-0.2, -0.15) is 5.26 Å². The van der Waals surface area contributed by atoms with E-state index in [1.165, 1.54) is 19.3 Å². The van der Waals surface area contributed by atoms with Crippen molar-refractivity contribution < 1.29 is 0 Å². The van der Waals surface area contributed by atoms with Crippen LogP contribution in [-0.4, -0.2) is 13.1 Å². The van der Waals surface area contributed by atoms with E-state index >= 15 is 0 Å². The van der Waals surface area contributed by atoms with E-state index in [0.717, 1.165) is 30.4 Å². The molecule has 3 heteroatoms. The minimum atomic E-state index is 0.635. The Morgan fingerprint density at radius 2 is 2.35 bits per heavy atom. The molecule has 1 fully saturated rings. The van der Waals surface area contributed by atoms with E-state index < -0.39 is 0 Å². The Labute approximate surface area is 103 Å². The van der Waals surface area contributed by atoms with Crippen molar-refractivity contribution in [1.82, 2.24) is 0 Å². The first kappa shape index (κ1) is 11.8. The molecule has 0 aromatic heterocycles. The van der Waals surface area contributed by atoms with Gasteiger partial charge in [-0.3, -0.25) is 0 Å². The number of nitrogens with zero attached hydrogens (tertiary/aromatic N) is 2. The van der Waals surface area contributed by atoms with Crippen molar-refractivity contribution in [3.8, 4) is 6.07 Å². The van der Waals surface area contributed by atoms with Crippen molar-refractivity contribution in [3.63, 3.8) is 0 Å². The SMILES string of the molecule is CCC1CCCN(c2ccc(C#N)cc2N)C1. The van der Waals surface area contributed by atoms with Crippen molar-refractivity contribution in [3.05, 3.63) is 23.8 Å². The lowest BCUT2D eigenvalue weighted by Crippen LogP contribution is -2.35. The van der Waals surface area contributed by atoms with Gasteiger partial charge in [-0.05, 0) is 37.0 Å². The average Bonchev–Trinajstić information content (AvgIpc) is 2.38. The molecule has 1 unspecified atom stereocenters. The van der Waals surface area contributed by atoms with Crippen LogP contribution < -0.4 is 10.6 Å². The number of nitriles is 1. The van der Waals surface area contributed by atoms with E-state index in [2.05, 4.69) is 17.9 Å². The minimum Gasteiger partial charge on any atom is -0.397 e. The van der Waals surface area contributed by atoms with Crippen LogP contribution in [0, 0.1) is 17.2 Å². The summed E-state index contributed by atoms with van der Waals surface area (Å²) >= 11 is 0. The molecule has 0 bridgehead atoms. The molecule has 1 aromatic rings. The summed E-state index contributed by atoms with van der Waals surface area (Å²) in [6, 6.07) is 7.71. The monoisotopic (exact) mass is 229 g/mol. The van der Waals surface area contributed by atoms with Crippen LogP contribution in [0.3, 0.4) is 0 Å². The standard InChI is InChI=1S/C14H19N3/c1-2-11-4-3-7-17(10-11)14-6-5-12(9-15)8-13(14)16/h5-6,8,11H,2-4,7,10,16H2,1H3. The number of rotatable bonds is 2. The lowest BCUT2D eigenvalue weighted by atomic mass is 9.95. The van der Waals surface area contributed by atoms with Crippen LogP contribution in [0.5, 0.6) is 0 Å². The summed E-state index contributed by atoms with van der Waals surface area (Å²) in [5.74, 6) is 0.777. The van der Waals surface area contributed by atoms with E-state index in [1.54, 1.807) is 6.07 Å². The van der Waals surface area contributed by atoms with Crippen molar-refractivity contribution in [1.29, 1.82) is 5.26 Å². The second-order valence-corrected chi connectivity index (χ2v) is 4.75. The molecule has 0 radical (unpaired) electrons. The van der Waals surface area contributed by atoms with Crippen LogP contribution in [0.4, 0.5) is 11.4 Å². The Morgan fingerprint density at radius 1 is 1.53 bits per heavy atom. The van der Waals surface area contributed by atoms with E-state index in [9.17, 15) is 0 Å². The third-order valence-electron chi connectivity index (χ3n) is 3.59. The molecule has 0 amide bonds. The molecule has 1 aliphatic rings. The molecular weight excluding hydrogens is 210 g/mol. The van der Waals surface area contributed by atoms with Gasteiger partial charge in [0.1, 0.15) is 0 Å². The van der Waals surface area contributed by atoms with Crippen LogP contribution in [-0.2, 0) is 0 Å². The van der Waals surface area contributed by atoms with Crippen LogP contribution in [0.2, 0.25) is 0 Å². The van der Waals surface area contributed by atoms with Gasteiger partial charge in [0, 0.05) is 13.1 Å². The Hall–Kier alpha value is -1.69. The summed E-state index contributed by atoms with van der Waals surface area (Å²) in [5, 5.41) is 8.82. The number of nitrogens with two attached hydrogens (primary N) is 1. The van der Waals surface area contributed by atoms with Crippen molar-refractivity contribution in [2.75, 3.05) is 23.7 Å². The average molecular weight is 229 g/mol. The van der Waals surface area contributed by atoms with Gasteiger partial charge >= 0.3 is 0 Å². The second kappa shape index (κ2) is 5.09. The molecule has 1 aromatic carbocycles. The molecule has 2 N–H and O–H groups in total. The third kappa shape index (κ3) is 2.52. The summed E-state index contributed by atoms with van der Waals surface area (Å²) in [4.78, 5) is 2.36. The molecule has 1 heterocycles. The van der Waals surface area contributed by atoms with Crippen molar-refractivity contribution in [2.45, 2.75) is 26.2 Å². The number of benzene rings is 1. The summed E-state index contributed by atoms with van der Waals surface area (Å²) in [6.07, 6.45) is 3.79. The summed E-state index contributed by atoms with van der Waals surface area (Å²) in [6.45, 7) is 4.41. The fourth-order valence-electron chi connectivity index (χ4n) is 2.53. The molecule has 1 aliphatic heterocycles.